The summed E-state index contributed by atoms with van der Waals surface area (Å²) in [5.74, 6) is -0.554. The van der Waals surface area contributed by atoms with E-state index in [-0.39, 0.29) is 11.3 Å². The third-order valence-corrected chi connectivity index (χ3v) is 6.33. The second-order valence-corrected chi connectivity index (χ2v) is 8.95. The van der Waals surface area contributed by atoms with Gasteiger partial charge in [-0.25, -0.2) is 18.2 Å². The van der Waals surface area contributed by atoms with Crippen molar-refractivity contribution in [1.29, 1.82) is 0 Å². The predicted octanol–water partition coefficient (Wildman–Crippen LogP) is 2.09. The normalized spacial score (nSPS) is 12.4. The van der Waals surface area contributed by atoms with E-state index in [4.69, 9.17) is 5.11 Å². The number of rotatable bonds is 5. The van der Waals surface area contributed by atoms with Gasteiger partial charge in [-0.2, -0.15) is 0 Å². The van der Waals surface area contributed by atoms with Crippen molar-refractivity contribution in [2.75, 3.05) is 11.5 Å². The summed E-state index contributed by atoms with van der Waals surface area (Å²) in [4.78, 5) is 14.6. The third-order valence-electron chi connectivity index (χ3n) is 2.52. The molecule has 1 N–H and O–H groups in total. The minimum atomic E-state index is -3.13. The van der Waals surface area contributed by atoms with Crippen LogP contribution in [0.1, 0.15) is 31.1 Å². The average Bonchev–Trinajstić information content (AvgIpc) is 2.28. The van der Waals surface area contributed by atoms with Crippen LogP contribution >= 0.6 is 11.8 Å². The van der Waals surface area contributed by atoms with Crippen LogP contribution < -0.4 is 0 Å². The number of carboxylic acids is 1. The highest BCUT2D eigenvalue weighted by atomic mass is 32.2. The Balaban J connectivity index is 2.57. The zero-order chi connectivity index (χ0) is 14.7. The fraction of sp³-hybridized carbons (Fsp3) is 0.500. The Morgan fingerprint density at radius 2 is 2.00 bits per heavy atom. The van der Waals surface area contributed by atoms with Gasteiger partial charge < -0.3 is 5.11 Å². The molecule has 0 radical (unpaired) electrons. The van der Waals surface area contributed by atoms with E-state index in [2.05, 4.69) is 4.98 Å². The van der Waals surface area contributed by atoms with Crippen molar-refractivity contribution in [3.8, 4) is 0 Å². The summed E-state index contributed by atoms with van der Waals surface area (Å²) < 4.78 is 23.0. The molecule has 5 nitrogen and oxygen atoms in total. The summed E-state index contributed by atoms with van der Waals surface area (Å²) in [7, 11) is -3.13. The maximum absolute atomic E-state index is 11.9. The van der Waals surface area contributed by atoms with Crippen LogP contribution in [0.25, 0.3) is 0 Å². The lowest BCUT2D eigenvalue weighted by Crippen LogP contribution is -2.31. The first-order valence-electron chi connectivity index (χ1n) is 5.68. The Kier molecular flexibility index (Phi) is 4.98. The zero-order valence-corrected chi connectivity index (χ0v) is 12.7. The molecule has 1 heterocycles. The first-order chi connectivity index (χ1) is 8.63. The summed E-state index contributed by atoms with van der Waals surface area (Å²) in [6, 6.07) is 3.04. The number of sulfone groups is 1. The molecule has 0 atom stereocenters. The summed E-state index contributed by atoms with van der Waals surface area (Å²) in [5.41, 5.74) is 0.117. The molecule has 0 amide bonds. The van der Waals surface area contributed by atoms with Gasteiger partial charge in [0.15, 0.2) is 9.84 Å². The predicted molar refractivity (Wildman–Crippen MR) is 75.5 cm³/mol. The topological polar surface area (TPSA) is 84.3 Å². The van der Waals surface area contributed by atoms with Gasteiger partial charge in [-0.3, -0.25) is 0 Å². The Bertz CT molecular complexity index is 544. The molecule has 106 valence electrons. The van der Waals surface area contributed by atoms with E-state index < -0.39 is 20.6 Å². The SMILES string of the molecule is CC(C)(C)S(=O)(=O)CCSc1ccc(C(=O)O)cn1. The van der Waals surface area contributed by atoms with Crippen molar-refractivity contribution in [2.24, 2.45) is 0 Å². The molecule has 0 saturated heterocycles. The fourth-order valence-electron chi connectivity index (χ4n) is 1.15. The quantitative estimate of drug-likeness (QED) is 0.838. The minimum absolute atomic E-state index is 0.0729. The summed E-state index contributed by atoms with van der Waals surface area (Å²) >= 11 is 1.30. The van der Waals surface area contributed by atoms with Crippen LogP contribution in [0.4, 0.5) is 0 Å². The van der Waals surface area contributed by atoms with E-state index >= 15 is 0 Å². The van der Waals surface area contributed by atoms with Gasteiger partial charge in [-0.05, 0) is 32.9 Å². The molecule has 0 aromatic carbocycles. The monoisotopic (exact) mass is 303 g/mol. The Morgan fingerprint density at radius 1 is 1.37 bits per heavy atom. The molecular weight excluding hydrogens is 286 g/mol. The van der Waals surface area contributed by atoms with Crippen molar-refractivity contribution in [3.05, 3.63) is 23.9 Å². The van der Waals surface area contributed by atoms with Gasteiger partial charge in [0.05, 0.1) is 21.1 Å². The number of aromatic carboxylic acids is 1. The van der Waals surface area contributed by atoms with Crippen LogP contribution in [-0.2, 0) is 9.84 Å². The fourth-order valence-corrected chi connectivity index (χ4v) is 3.48. The molecule has 1 aromatic heterocycles. The molecule has 0 unspecified atom stereocenters. The molecule has 0 aliphatic rings. The molecule has 0 aliphatic heterocycles. The number of aromatic nitrogens is 1. The Hall–Kier alpha value is -1.08. The highest BCUT2D eigenvalue weighted by Gasteiger charge is 2.28. The molecule has 1 rings (SSSR count). The van der Waals surface area contributed by atoms with E-state index in [0.29, 0.717) is 10.8 Å². The number of pyridine rings is 1. The number of thioether (sulfide) groups is 1. The lowest BCUT2D eigenvalue weighted by molar-refractivity contribution is 0.0696. The lowest BCUT2D eigenvalue weighted by atomic mass is 10.3. The molecule has 7 heteroatoms. The summed E-state index contributed by atoms with van der Waals surface area (Å²) in [6.45, 7) is 5.02. The van der Waals surface area contributed by atoms with Crippen molar-refractivity contribution < 1.29 is 18.3 Å². The van der Waals surface area contributed by atoms with Gasteiger partial charge in [0.25, 0.3) is 0 Å². The average molecular weight is 303 g/mol. The van der Waals surface area contributed by atoms with Crippen LogP contribution in [0.15, 0.2) is 23.4 Å². The third kappa shape index (κ3) is 4.50. The van der Waals surface area contributed by atoms with Crippen LogP contribution in [0.3, 0.4) is 0 Å². The lowest BCUT2D eigenvalue weighted by Gasteiger charge is -2.18. The molecule has 0 fully saturated rings. The molecule has 0 saturated carbocycles. The standard InChI is InChI=1S/C12H17NO4S2/c1-12(2,3)19(16,17)7-6-18-10-5-4-9(8-13-10)11(14)15/h4-5,8H,6-7H2,1-3H3,(H,14,15). The van der Waals surface area contributed by atoms with Gasteiger partial charge in [0, 0.05) is 11.9 Å². The van der Waals surface area contributed by atoms with Crippen LogP contribution in [-0.4, -0.2) is 40.7 Å². The van der Waals surface area contributed by atoms with E-state index in [1.165, 1.54) is 24.0 Å². The molecule has 0 spiro atoms. The molecular formula is C12H17NO4S2. The van der Waals surface area contributed by atoms with Crippen molar-refractivity contribution in [1.82, 2.24) is 4.98 Å². The maximum atomic E-state index is 11.9. The van der Waals surface area contributed by atoms with Gasteiger partial charge >= 0.3 is 5.97 Å². The largest absolute Gasteiger partial charge is 0.478 e. The van der Waals surface area contributed by atoms with E-state index in [1.54, 1.807) is 26.8 Å². The summed E-state index contributed by atoms with van der Waals surface area (Å²) in [5, 5.41) is 9.34. The highest BCUT2D eigenvalue weighted by Crippen LogP contribution is 2.20. The smallest absolute Gasteiger partial charge is 0.337 e. The number of carbonyl (C=O) groups is 1. The van der Waals surface area contributed by atoms with E-state index in [9.17, 15) is 13.2 Å². The van der Waals surface area contributed by atoms with Crippen LogP contribution in [0, 0.1) is 0 Å². The number of nitrogens with zero attached hydrogens (tertiary/aromatic N) is 1. The Labute approximate surface area is 117 Å². The van der Waals surface area contributed by atoms with E-state index in [0.717, 1.165) is 0 Å². The summed E-state index contributed by atoms with van der Waals surface area (Å²) in [6.07, 6.45) is 1.27. The minimum Gasteiger partial charge on any atom is -0.478 e. The maximum Gasteiger partial charge on any atom is 0.337 e. The number of hydrogen-bond donors (Lipinski definition) is 1. The van der Waals surface area contributed by atoms with Gasteiger partial charge in [0.2, 0.25) is 0 Å². The molecule has 0 bridgehead atoms. The van der Waals surface area contributed by atoms with Gasteiger partial charge in [-0.15, -0.1) is 11.8 Å². The van der Waals surface area contributed by atoms with Gasteiger partial charge in [-0.1, -0.05) is 0 Å². The first kappa shape index (κ1) is 16.0. The van der Waals surface area contributed by atoms with Crippen molar-refractivity contribution in [2.45, 2.75) is 30.5 Å². The first-order valence-corrected chi connectivity index (χ1v) is 8.32. The second-order valence-electron chi connectivity index (χ2n) is 4.97. The molecule has 19 heavy (non-hydrogen) atoms. The Morgan fingerprint density at radius 3 is 2.42 bits per heavy atom. The van der Waals surface area contributed by atoms with Crippen molar-refractivity contribution in [3.63, 3.8) is 0 Å². The van der Waals surface area contributed by atoms with Crippen LogP contribution in [0.5, 0.6) is 0 Å². The zero-order valence-electron chi connectivity index (χ0n) is 11.1. The number of carboxylic acid groups (broad SMARTS) is 1. The second kappa shape index (κ2) is 5.92. The van der Waals surface area contributed by atoms with Crippen molar-refractivity contribution >= 4 is 27.6 Å². The highest BCUT2D eigenvalue weighted by molar-refractivity contribution is 8.00. The van der Waals surface area contributed by atoms with Gasteiger partial charge in [0.1, 0.15) is 0 Å². The molecule has 0 aliphatic carbocycles. The van der Waals surface area contributed by atoms with Crippen LogP contribution in [0.2, 0.25) is 0 Å². The van der Waals surface area contributed by atoms with E-state index in [1.807, 2.05) is 0 Å². The number of hydrogen-bond acceptors (Lipinski definition) is 5. The molecule has 1 aromatic rings.